The molecular weight excluding hydrogens is 544 g/mol. The van der Waals surface area contributed by atoms with Crippen LogP contribution in [-0.4, -0.2) is 59.5 Å². The van der Waals surface area contributed by atoms with Crippen LogP contribution in [0.1, 0.15) is 25.3 Å². The number of piperidine rings is 1. The summed E-state index contributed by atoms with van der Waals surface area (Å²) in [5.74, 6) is 3.13. The number of benzene rings is 2. The first-order valence-corrected chi connectivity index (χ1v) is 14.3. The number of amides is 1. The average Bonchev–Trinajstić information content (AvgIpc) is 3.40. The molecule has 1 saturated heterocycles. The molecule has 218 valence electrons. The minimum absolute atomic E-state index is 0.124. The Kier molecular flexibility index (Phi) is 6.41. The molecule has 0 spiro atoms. The van der Waals surface area contributed by atoms with E-state index < -0.39 is 0 Å². The molecule has 2 aromatic carbocycles. The van der Waals surface area contributed by atoms with Gasteiger partial charge in [0.05, 0.1) is 11.7 Å². The van der Waals surface area contributed by atoms with Crippen molar-refractivity contribution in [3.63, 3.8) is 0 Å². The molecule has 1 amide bonds. The van der Waals surface area contributed by atoms with Crippen LogP contribution in [0, 0.1) is 18.8 Å². The zero-order valence-corrected chi connectivity index (χ0v) is 24.3. The van der Waals surface area contributed by atoms with Crippen LogP contribution in [0.4, 0.5) is 17.5 Å². The number of nitrogens with zero attached hydrogens (tertiary/aromatic N) is 8. The highest BCUT2D eigenvalue weighted by atomic mass is 16.5. The molecule has 0 radical (unpaired) electrons. The van der Waals surface area contributed by atoms with Gasteiger partial charge in [0, 0.05) is 37.4 Å². The van der Waals surface area contributed by atoms with Crippen LogP contribution in [0.2, 0.25) is 0 Å². The van der Waals surface area contributed by atoms with Crippen molar-refractivity contribution >= 4 is 45.4 Å². The van der Waals surface area contributed by atoms with Gasteiger partial charge < -0.3 is 20.3 Å². The molecule has 3 atom stereocenters. The first kappa shape index (κ1) is 26.7. The van der Waals surface area contributed by atoms with Crippen LogP contribution >= 0.6 is 0 Å². The lowest BCUT2D eigenvalue weighted by atomic mass is 9.78. The minimum atomic E-state index is -0.259. The van der Waals surface area contributed by atoms with Crippen molar-refractivity contribution in [3.8, 4) is 11.5 Å². The van der Waals surface area contributed by atoms with Gasteiger partial charge in [0.25, 0.3) is 0 Å². The Morgan fingerprint density at radius 3 is 2.67 bits per heavy atom. The maximum absolute atomic E-state index is 12.2. The fraction of sp³-hybridized carbons (Fsp3) is 0.323. The van der Waals surface area contributed by atoms with Gasteiger partial charge in [-0.3, -0.25) is 4.79 Å². The first-order chi connectivity index (χ1) is 20.8. The number of ether oxygens (including phenoxy) is 1. The van der Waals surface area contributed by atoms with Crippen molar-refractivity contribution in [2.45, 2.75) is 32.2 Å². The molecule has 3 aromatic heterocycles. The zero-order valence-electron chi connectivity index (χ0n) is 24.3. The van der Waals surface area contributed by atoms with Crippen molar-refractivity contribution < 1.29 is 9.53 Å². The molecule has 1 saturated carbocycles. The fourth-order valence-electron chi connectivity index (χ4n) is 6.47. The van der Waals surface area contributed by atoms with Gasteiger partial charge in [-0.2, -0.15) is 0 Å². The number of aromatic nitrogens is 7. The molecule has 2 N–H and O–H groups in total. The van der Waals surface area contributed by atoms with E-state index in [0.29, 0.717) is 40.4 Å². The van der Waals surface area contributed by atoms with E-state index in [-0.39, 0.29) is 11.4 Å². The summed E-state index contributed by atoms with van der Waals surface area (Å²) in [5.41, 5.74) is 4.55. The van der Waals surface area contributed by atoms with E-state index >= 15 is 0 Å². The standard InChI is InChI=1S/C31H32N10O2/c1-5-27(42)37-31(3)19-6-7-20(31)16-41(15-19)30-32-14-24-28(36-30)29(34-17-33-24)35-21-8-11-26(18(2)12-21)43-22-9-10-25-23(13-22)38-39-40(25)4/h5,8-14,17,19-20H,1,6-7,15-16H2,2-4H3,(H,37,42)(H,33,34,35)/t19-,20+,31?. The summed E-state index contributed by atoms with van der Waals surface area (Å²) in [7, 11) is 1.86. The summed E-state index contributed by atoms with van der Waals surface area (Å²) in [6.07, 6.45) is 6.70. The van der Waals surface area contributed by atoms with Gasteiger partial charge in [0.15, 0.2) is 5.82 Å². The number of nitrogens with one attached hydrogen (secondary N) is 2. The molecule has 2 aliphatic rings. The smallest absolute Gasteiger partial charge is 0.243 e. The Bertz CT molecular complexity index is 1870. The van der Waals surface area contributed by atoms with Crippen LogP contribution in [0.25, 0.3) is 22.1 Å². The van der Waals surface area contributed by atoms with Gasteiger partial charge in [0.2, 0.25) is 11.9 Å². The van der Waals surface area contributed by atoms with E-state index in [2.05, 4.69) is 54.3 Å². The highest BCUT2D eigenvalue weighted by molar-refractivity contribution is 5.88. The number of carbonyl (C=O) groups is 1. The van der Waals surface area contributed by atoms with Gasteiger partial charge in [-0.25, -0.2) is 24.6 Å². The average molecular weight is 577 g/mol. The Balaban J connectivity index is 1.11. The maximum atomic E-state index is 12.2. The van der Waals surface area contributed by atoms with E-state index in [1.807, 2.05) is 50.4 Å². The fourth-order valence-corrected chi connectivity index (χ4v) is 6.47. The second kappa shape index (κ2) is 10.3. The van der Waals surface area contributed by atoms with E-state index in [1.54, 1.807) is 10.9 Å². The lowest BCUT2D eigenvalue weighted by Crippen LogP contribution is -2.61. The third-order valence-corrected chi connectivity index (χ3v) is 8.91. The number of rotatable bonds is 7. The van der Waals surface area contributed by atoms with Crippen molar-refractivity contribution in [2.24, 2.45) is 18.9 Å². The lowest BCUT2D eigenvalue weighted by Gasteiger charge is -2.46. The number of anilines is 3. The topological polar surface area (TPSA) is 136 Å². The summed E-state index contributed by atoms with van der Waals surface area (Å²) < 4.78 is 7.89. The van der Waals surface area contributed by atoms with E-state index in [9.17, 15) is 4.79 Å². The van der Waals surface area contributed by atoms with Crippen molar-refractivity contribution in [1.82, 2.24) is 40.2 Å². The van der Waals surface area contributed by atoms with Crippen molar-refractivity contribution in [3.05, 3.63) is 67.1 Å². The number of hydrogen-bond acceptors (Lipinski definition) is 10. The molecule has 43 heavy (non-hydrogen) atoms. The SMILES string of the molecule is C=CC(=O)NC1(C)[C@@H]2CC[C@H]1CN(c1ncc3ncnc(Nc4ccc(Oc5ccc6c(c5)nnn6C)c(C)c4)c3n1)C2. The van der Waals surface area contributed by atoms with Crippen LogP contribution in [0.5, 0.6) is 11.5 Å². The van der Waals surface area contributed by atoms with Crippen molar-refractivity contribution in [2.75, 3.05) is 23.3 Å². The number of hydrogen-bond donors (Lipinski definition) is 2. The van der Waals surface area contributed by atoms with Gasteiger partial charge in [0.1, 0.15) is 34.4 Å². The van der Waals surface area contributed by atoms with Gasteiger partial charge in [-0.1, -0.05) is 11.8 Å². The molecule has 2 bridgehead atoms. The summed E-state index contributed by atoms with van der Waals surface area (Å²) in [6, 6.07) is 11.6. The van der Waals surface area contributed by atoms with Crippen LogP contribution in [-0.2, 0) is 11.8 Å². The van der Waals surface area contributed by atoms with Crippen molar-refractivity contribution in [1.29, 1.82) is 0 Å². The second-order valence-electron chi connectivity index (χ2n) is 11.5. The predicted octanol–water partition coefficient (Wildman–Crippen LogP) is 4.45. The third-order valence-electron chi connectivity index (χ3n) is 8.91. The van der Waals surface area contributed by atoms with Crippen LogP contribution in [0.3, 0.4) is 0 Å². The zero-order chi connectivity index (χ0) is 29.7. The molecule has 1 unspecified atom stereocenters. The Labute approximate surface area is 248 Å². The molecule has 2 fully saturated rings. The third kappa shape index (κ3) is 4.78. The predicted molar refractivity (Wildman–Crippen MR) is 163 cm³/mol. The summed E-state index contributed by atoms with van der Waals surface area (Å²) >= 11 is 0. The van der Waals surface area contributed by atoms with E-state index in [0.717, 1.165) is 54.0 Å². The van der Waals surface area contributed by atoms with E-state index in [4.69, 9.17) is 9.72 Å². The normalized spacial score (nSPS) is 21.2. The van der Waals surface area contributed by atoms with Crippen LogP contribution in [0.15, 0.2) is 61.6 Å². The molecule has 5 aromatic rings. The Hall–Kier alpha value is -5.13. The quantitative estimate of drug-likeness (QED) is 0.267. The summed E-state index contributed by atoms with van der Waals surface area (Å²) in [5, 5.41) is 14.9. The summed E-state index contributed by atoms with van der Waals surface area (Å²) in [4.78, 5) is 32.9. The molecule has 12 nitrogen and oxygen atoms in total. The first-order valence-electron chi connectivity index (χ1n) is 14.3. The van der Waals surface area contributed by atoms with Crippen LogP contribution < -0.4 is 20.3 Å². The molecule has 4 heterocycles. The molecule has 1 aliphatic carbocycles. The van der Waals surface area contributed by atoms with E-state index in [1.165, 1.54) is 12.4 Å². The highest BCUT2D eigenvalue weighted by Gasteiger charge is 2.52. The minimum Gasteiger partial charge on any atom is -0.457 e. The highest BCUT2D eigenvalue weighted by Crippen LogP contribution is 2.45. The van der Waals surface area contributed by atoms with Gasteiger partial charge >= 0.3 is 0 Å². The number of fused-ring (bicyclic) bond motifs is 4. The summed E-state index contributed by atoms with van der Waals surface area (Å²) in [6.45, 7) is 9.29. The maximum Gasteiger partial charge on any atom is 0.243 e. The molecule has 12 heteroatoms. The molecule has 1 aliphatic heterocycles. The number of aryl methyl sites for hydroxylation is 2. The Morgan fingerprint density at radius 1 is 1.09 bits per heavy atom. The van der Waals surface area contributed by atoms with Gasteiger partial charge in [-0.15, -0.1) is 5.10 Å². The lowest BCUT2D eigenvalue weighted by molar-refractivity contribution is -0.119. The largest absolute Gasteiger partial charge is 0.457 e. The van der Waals surface area contributed by atoms with Gasteiger partial charge in [-0.05, 0) is 80.5 Å². The molecule has 7 rings (SSSR count). The monoisotopic (exact) mass is 576 g/mol. The second-order valence-corrected chi connectivity index (χ2v) is 11.5. The molecular formula is C31H32N10O2. The number of carbonyl (C=O) groups excluding carboxylic acids is 1. The Morgan fingerprint density at radius 2 is 1.91 bits per heavy atom.